The van der Waals surface area contributed by atoms with Crippen molar-refractivity contribution in [2.75, 3.05) is 33.2 Å². The van der Waals surface area contributed by atoms with Crippen molar-refractivity contribution >= 4 is 30.7 Å². The summed E-state index contributed by atoms with van der Waals surface area (Å²) < 4.78 is 0. The van der Waals surface area contributed by atoms with Gasteiger partial charge in [-0.3, -0.25) is 4.79 Å². The van der Waals surface area contributed by atoms with Crippen LogP contribution in [0.4, 0.5) is 0 Å². The molecule has 0 saturated carbocycles. The average Bonchev–Trinajstić information content (AvgIpc) is 2.95. The molecule has 2 aliphatic rings. The zero-order valence-electron chi connectivity index (χ0n) is 11.9. The Hall–Kier alpha value is -0.0300. The molecular formula is C13H27Cl2N3O. The van der Waals surface area contributed by atoms with Gasteiger partial charge >= 0.3 is 0 Å². The Morgan fingerprint density at radius 2 is 2.21 bits per heavy atom. The maximum absolute atomic E-state index is 12.2. The standard InChI is InChI=1S/C13H25N3O.2ClH/c1-3-13(6-4-7-15-13)12(17)14-9-11-5-8-16(2)10-11;;/h11,15H,3-10H2,1-2H3,(H,14,17);2*1H. The molecule has 114 valence electrons. The SMILES string of the molecule is CCC1(C(=O)NCC2CCN(C)C2)CCCN1.Cl.Cl. The molecule has 0 aromatic rings. The lowest BCUT2D eigenvalue weighted by molar-refractivity contribution is -0.127. The third kappa shape index (κ3) is 4.48. The molecule has 2 N–H and O–H groups in total. The van der Waals surface area contributed by atoms with Crippen molar-refractivity contribution in [2.45, 2.75) is 38.1 Å². The molecule has 2 aliphatic heterocycles. The van der Waals surface area contributed by atoms with Gasteiger partial charge in [-0.05, 0) is 51.7 Å². The Labute approximate surface area is 128 Å². The molecule has 19 heavy (non-hydrogen) atoms. The van der Waals surface area contributed by atoms with Crippen molar-refractivity contribution < 1.29 is 4.79 Å². The highest BCUT2D eigenvalue weighted by molar-refractivity contribution is 5.86. The van der Waals surface area contributed by atoms with E-state index in [0.29, 0.717) is 5.92 Å². The fourth-order valence-corrected chi connectivity index (χ4v) is 3.06. The van der Waals surface area contributed by atoms with Crippen LogP contribution in [0.1, 0.15) is 32.6 Å². The second-order valence-electron chi connectivity index (χ2n) is 5.59. The molecular weight excluding hydrogens is 285 g/mol. The number of likely N-dealkylation sites (tertiary alicyclic amines) is 1. The quantitative estimate of drug-likeness (QED) is 0.825. The fourth-order valence-electron chi connectivity index (χ4n) is 3.06. The summed E-state index contributed by atoms with van der Waals surface area (Å²) in [5.41, 5.74) is -0.273. The minimum Gasteiger partial charge on any atom is -0.354 e. The van der Waals surface area contributed by atoms with Gasteiger partial charge in [-0.25, -0.2) is 0 Å². The van der Waals surface area contributed by atoms with Gasteiger partial charge in [-0.1, -0.05) is 6.92 Å². The molecule has 0 aromatic carbocycles. The molecule has 0 spiro atoms. The maximum Gasteiger partial charge on any atom is 0.240 e. The number of hydrogen-bond acceptors (Lipinski definition) is 3. The number of hydrogen-bond donors (Lipinski definition) is 2. The predicted octanol–water partition coefficient (Wildman–Crippen LogP) is 1.43. The van der Waals surface area contributed by atoms with E-state index in [-0.39, 0.29) is 36.3 Å². The van der Waals surface area contributed by atoms with Crippen LogP contribution in [0.25, 0.3) is 0 Å². The van der Waals surface area contributed by atoms with Crippen LogP contribution in [0.15, 0.2) is 0 Å². The number of halogens is 2. The third-order valence-electron chi connectivity index (χ3n) is 4.32. The monoisotopic (exact) mass is 311 g/mol. The van der Waals surface area contributed by atoms with Gasteiger partial charge in [0.25, 0.3) is 0 Å². The number of carbonyl (C=O) groups excluding carboxylic acids is 1. The lowest BCUT2D eigenvalue weighted by Crippen LogP contribution is -2.53. The van der Waals surface area contributed by atoms with Gasteiger partial charge < -0.3 is 15.5 Å². The van der Waals surface area contributed by atoms with E-state index >= 15 is 0 Å². The van der Waals surface area contributed by atoms with Crippen molar-refractivity contribution in [3.05, 3.63) is 0 Å². The summed E-state index contributed by atoms with van der Waals surface area (Å²) in [4.78, 5) is 14.6. The molecule has 0 aromatic heterocycles. The highest BCUT2D eigenvalue weighted by atomic mass is 35.5. The molecule has 0 bridgehead atoms. The zero-order valence-corrected chi connectivity index (χ0v) is 13.5. The summed E-state index contributed by atoms with van der Waals surface area (Å²) in [6.45, 7) is 6.20. The lowest BCUT2D eigenvalue weighted by atomic mass is 9.93. The van der Waals surface area contributed by atoms with Crippen molar-refractivity contribution in [1.29, 1.82) is 0 Å². The molecule has 6 heteroatoms. The summed E-state index contributed by atoms with van der Waals surface area (Å²) in [5.74, 6) is 0.853. The number of nitrogens with zero attached hydrogens (tertiary/aromatic N) is 1. The number of rotatable bonds is 4. The van der Waals surface area contributed by atoms with Gasteiger partial charge in [0.15, 0.2) is 0 Å². The molecule has 2 atom stereocenters. The Morgan fingerprint density at radius 1 is 1.47 bits per heavy atom. The average molecular weight is 312 g/mol. The minimum atomic E-state index is -0.273. The van der Waals surface area contributed by atoms with Crippen molar-refractivity contribution in [3.63, 3.8) is 0 Å². The van der Waals surface area contributed by atoms with E-state index < -0.39 is 0 Å². The Kier molecular flexibility index (Phi) is 8.29. The molecule has 1 amide bonds. The first-order valence-electron chi connectivity index (χ1n) is 6.88. The lowest BCUT2D eigenvalue weighted by Gasteiger charge is -2.27. The molecule has 2 saturated heterocycles. The van der Waals surface area contributed by atoms with Gasteiger partial charge in [-0.15, -0.1) is 24.8 Å². The van der Waals surface area contributed by atoms with Crippen molar-refractivity contribution in [3.8, 4) is 0 Å². The number of nitrogens with one attached hydrogen (secondary N) is 2. The summed E-state index contributed by atoms with van der Waals surface area (Å²) in [6, 6.07) is 0. The zero-order chi connectivity index (χ0) is 12.3. The maximum atomic E-state index is 12.2. The van der Waals surface area contributed by atoms with E-state index in [1.807, 2.05) is 0 Å². The summed E-state index contributed by atoms with van der Waals surface area (Å²) in [7, 11) is 2.15. The first-order chi connectivity index (χ1) is 8.16. The number of amides is 1. The molecule has 0 aliphatic carbocycles. The summed E-state index contributed by atoms with van der Waals surface area (Å²) in [5, 5.41) is 6.53. The van der Waals surface area contributed by atoms with Crippen LogP contribution in [-0.2, 0) is 4.79 Å². The van der Waals surface area contributed by atoms with Crippen LogP contribution in [0.3, 0.4) is 0 Å². The Bertz CT molecular complexity index is 283. The van der Waals surface area contributed by atoms with E-state index in [1.165, 1.54) is 6.42 Å². The topological polar surface area (TPSA) is 44.4 Å². The van der Waals surface area contributed by atoms with Gasteiger partial charge in [0, 0.05) is 13.1 Å². The van der Waals surface area contributed by atoms with Crippen molar-refractivity contribution in [2.24, 2.45) is 5.92 Å². The second-order valence-corrected chi connectivity index (χ2v) is 5.59. The molecule has 2 fully saturated rings. The van der Waals surface area contributed by atoms with Gasteiger partial charge in [-0.2, -0.15) is 0 Å². The number of carbonyl (C=O) groups is 1. The summed E-state index contributed by atoms with van der Waals surface area (Å²) >= 11 is 0. The largest absolute Gasteiger partial charge is 0.354 e. The Morgan fingerprint density at radius 3 is 2.68 bits per heavy atom. The third-order valence-corrected chi connectivity index (χ3v) is 4.32. The van der Waals surface area contributed by atoms with E-state index in [2.05, 4.69) is 29.5 Å². The second kappa shape index (κ2) is 8.30. The van der Waals surface area contributed by atoms with Crippen LogP contribution >= 0.6 is 24.8 Å². The van der Waals surface area contributed by atoms with Crippen LogP contribution < -0.4 is 10.6 Å². The fraction of sp³-hybridized carbons (Fsp3) is 0.923. The van der Waals surface area contributed by atoms with Crippen LogP contribution in [0.5, 0.6) is 0 Å². The first kappa shape index (κ1) is 19.0. The Balaban J connectivity index is 0.00000162. The van der Waals surface area contributed by atoms with E-state index in [9.17, 15) is 4.79 Å². The first-order valence-corrected chi connectivity index (χ1v) is 6.88. The van der Waals surface area contributed by atoms with E-state index in [1.54, 1.807) is 0 Å². The van der Waals surface area contributed by atoms with Gasteiger partial charge in [0.2, 0.25) is 5.91 Å². The van der Waals surface area contributed by atoms with E-state index in [4.69, 9.17) is 0 Å². The molecule has 2 unspecified atom stereocenters. The van der Waals surface area contributed by atoms with Gasteiger partial charge in [0.1, 0.15) is 0 Å². The molecule has 2 heterocycles. The highest BCUT2D eigenvalue weighted by Crippen LogP contribution is 2.23. The predicted molar refractivity (Wildman–Crippen MR) is 83.4 cm³/mol. The van der Waals surface area contributed by atoms with Crippen LogP contribution in [-0.4, -0.2) is 49.6 Å². The van der Waals surface area contributed by atoms with E-state index in [0.717, 1.165) is 45.4 Å². The van der Waals surface area contributed by atoms with Crippen LogP contribution in [0.2, 0.25) is 0 Å². The highest BCUT2D eigenvalue weighted by Gasteiger charge is 2.39. The van der Waals surface area contributed by atoms with Crippen molar-refractivity contribution in [1.82, 2.24) is 15.5 Å². The summed E-state index contributed by atoms with van der Waals surface area (Å²) in [6.07, 6.45) is 4.21. The molecule has 0 radical (unpaired) electrons. The minimum absolute atomic E-state index is 0. The molecule has 2 rings (SSSR count). The normalized spacial score (nSPS) is 30.5. The molecule has 4 nitrogen and oxygen atoms in total. The van der Waals surface area contributed by atoms with Crippen LogP contribution in [0, 0.1) is 5.92 Å². The smallest absolute Gasteiger partial charge is 0.240 e. The van der Waals surface area contributed by atoms with Gasteiger partial charge in [0.05, 0.1) is 5.54 Å².